The van der Waals surface area contributed by atoms with Crippen LogP contribution in [-0.4, -0.2) is 45.8 Å². The molecule has 1 aromatic rings. The Morgan fingerprint density at radius 2 is 1.86 bits per heavy atom. The van der Waals surface area contributed by atoms with E-state index in [1.165, 1.54) is 25.9 Å². The van der Waals surface area contributed by atoms with E-state index < -0.39 is 0 Å². The number of hydrogen-bond acceptors (Lipinski definition) is 4. The van der Waals surface area contributed by atoms with Crippen molar-refractivity contribution in [3.63, 3.8) is 0 Å². The lowest BCUT2D eigenvalue weighted by Gasteiger charge is -2.30. The molecule has 0 amide bonds. The van der Waals surface area contributed by atoms with Crippen molar-refractivity contribution >= 4 is 11.6 Å². The van der Waals surface area contributed by atoms with Gasteiger partial charge in [-0.05, 0) is 58.4 Å². The van der Waals surface area contributed by atoms with Crippen LogP contribution in [0.4, 0.5) is 0 Å². The summed E-state index contributed by atoms with van der Waals surface area (Å²) in [7, 11) is 5.48. The minimum absolute atomic E-state index is 0.193. The van der Waals surface area contributed by atoms with Gasteiger partial charge in [0.25, 0.3) is 0 Å². The van der Waals surface area contributed by atoms with Gasteiger partial charge >= 0.3 is 0 Å². The van der Waals surface area contributed by atoms with E-state index in [-0.39, 0.29) is 6.04 Å². The van der Waals surface area contributed by atoms with Crippen molar-refractivity contribution in [1.82, 2.24) is 10.2 Å². The fourth-order valence-electron chi connectivity index (χ4n) is 2.94. The van der Waals surface area contributed by atoms with E-state index >= 15 is 0 Å². The van der Waals surface area contributed by atoms with Gasteiger partial charge in [0.05, 0.1) is 19.2 Å². The molecule has 1 fully saturated rings. The minimum Gasteiger partial charge on any atom is -0.496 e. The van der Waals surface area contributed by atoms with E-state index in [0.29, 0.717) is 10.8 Å². The average molecular weight is 327 g/mol. The average Bonchev–Trinajstić information content (AvgIpc) is 2.53. The smallest absolute Gasteiger partial charge is 0.141 e. The molecule has 0 aliphatic carbocycles. The van der Waals surface area contributed by atoms with Gasteiger partial charge in [-0.1, -0.05) is 11.6 Å². The quantitative estimate of drug-likeness (QED) is 0.869. The summed E-state index contributed by atoms with van der Waals surface area (Å²) in [5.74, 6) is 2.20. The predicted molar refractivity (Wildman–Crippen MR) is 91.2 cm³/mol. The Labute approximate surface area is 138 Å². The molecule has 5 heteroatoms. The molecule has 1 saturated heterocycles. The second-order valence-electron chi connectivity index (χ2n) is 6.11. The molecule has 0 spiro atoms. The normalized spacial score (nSPS) is 18.2. The second kappa shape index (κ2) is 8.04. The molecule has 1 atom stereocenters. The van der Waals surface area contributed by atoms with Crippen LogP contribution >= 0.6 is 11.6 Å². The van der Waals surface area contributed by atoms with Gasteiger partial charge in [-0.15, -0.1) is 0 Å². The van der Waals surface area contributed by atoms with Gasteiger partial charge in [-0.2, -0.15) is 0 Å². The highest BCUT2D eigenvalue weighted by Crippen LogP contribution is 2.35. The highest BCUT2D eigenvalue weighted by molar-refractivity contribution is 6.32. The number of ether oxygens (including phenoxy) is 2. The molecular weight excluding hydrogens is 300 g/mol. The molecule has 1 aliphatic rings. The highest BCUT2D eigenvalue weighted by Gasteiger charge is 2.19. The molecule has 124 valence electrons. The largest absolute Gasteiger partial charge is 0.496 e. The predicted octanol–water partition coefficient (Wildman–Crippen LogP) is 3.35. The summed E-state index contributed by atoms with van der Waals surface area (Å²) in [6.45, 7) is 5.56. The molecule has 0 bridgehead atoms. The highest BCUT2D eigenvalue weighted by atomic mass is 35.5. The Hall–Kier alpha value is -0.970. The van der Waals surface area contributed by atoms with Crippen LogP contribution in [0, 0.1) is 5.92 Å². The maximum absolute atomic E-state index is 6.25. The number of methoxy groups -OCH3 is 2. The van der Waals surface area contributed by atoms with Gasteiger partial charge in [0.2, 0.25) is 0 Å². The summed E-state index contributed by atoms with van der Waals surface area (Å²) in [5.41, 5.74) is 1.07. The zero-order valence-electron chi connectivity index (χ0n) is 14.0. The van der Waals surface area contributed by atoms with Gasteiger partial charge in [0, 0.05) is 17.7 Å². The van der Waals surface area contributed by atoms with Crippen molar-refractivity contribution in [2.75, 3.05) is 40.9 Å². The fourth-order valence-corrected chi connectivity index (χ4v) is 3.19. The third-order valence-electron chi connectivity index (χ3n) is 4.52. The number of rotatable bonds is 6. The minimum atomic E-state index is 0.193. The van der Waals surface area contributed by atoms with Crippen LogP contribution in [0.2, 0.25) is 5.02 Å². The molecule has 1 aliphatic heterocycles. The lowest BCUT2D eigenvalue weighted by Crippen LogP contribution is -2.35. The van der Waals surface area contributed by atoms with Crippen LogP contribution in [0.5, 0.6) is 11.5 Å². The van der Waals surface area contributed by atoms with Crippen LogP contribution < -0.4 is 14.8 Å². The Morgan fingerprint density at radius 3 is 2.45 bits per heavy atom. The number of nitrogens with one attached hydrogen (secondary N) is 1. The van der Waals surface area contributed by atoms with Crippen LogP contribution in [0.25, 0.3) is 0 Å². The van der Waals surface area contributed by atoms with Gasteiger partial charge in [-0.3, -0.25) is 0 Å². The van der Waals surface area contributed by atoms with Crippen LogP contribution in [-0.2, 0) is 0 Å². The maximum atomic E-state index is 6.25. The third-order valence-corrected chi connectivity index (χ3v) is 4.82. The van der Waals surface area contributed by atoms with E-state index in [2.05, 4.69) is 24.2 Å². The summed E-state index contributed by atoms with van der Waals surface area (Å²) in [4.78, 5) is 2.40. The lowest BCUT2D eigenvalue weighted by molar-refractivity contribution is 0.213. The summed E-state index contributed by atoms with van der Waals surface area (Å²) in [6.07, 6.45) is 2.52. The summed E-state index contributed by atoms with van der Waals surface area (Å²) in [6, 6.07) is 3.98. The fraction of sp³-hybridized carbons (Fsp3) is 0.647. The molecule has 1 heterocycles. The zero-order valence-corrected chi connectivity index (χ0v) is 14.7. The van der Waals surface area contributed by atoms with E-state index in [1.807, 2.05) is 12.1 Å². The number of benzene rings is 1. The Balaban J connectivity index is 1.99. The molecule has 4 nitrogen and oxygen atoms in total. The van der Waals surface area contributed by atoms with Crippen molar-refractivity contribution in [2.24, 2.45) is 5.92 Å². The topological polar surface area (TPSA) is 33.7 Å². The Kier molecular flexibility index (Phi) is 6.36. The van der Waals surface area contributed by atoms with Crippen LogP contribution in [0.15, 0.2) is 12.1 Å². The number of halogens is 1. The molecule has 0 saturated carbocycles. The number of piperidine rings is 1. The summed E-state index contributed by atoms with van der Waals surface area (Å²) < 4.78 is 10.7. The Morgan fingerprint density at radius 1 is 1.23 bits per heavy atom. The molecular formula is C17H27ClN2O2. The van der Waals surface area contributed by atoms with Crippen molar-refractivity contribution in [3.05, 3.63) is 22.7 Å². The summed E-state index contributed by atoms with van der Waals surface area (Å²) in [5, 5.41) is 4.24. The number of nitrogens with zero attached hydrogens (tertiary/aromatic N) is 1. The van der Waals surface area contributed by atoms with Crippen molar-refractivity contribution < 1.29 is 9.47 Å². The first kappa shape index (κ1) is 17.4. The third kappa shape index (κ3) is 4.28. The second-order valence-corrected chi connectivity index (χ2v) is 6.51. The van der Waals surface area contributed by atoms with Gasteiger partial charge < -0.3 is 19.7 Å². The van der Waals surface area contributed by atoms with E-state index in [0.717, 1.165) is 23.8 Å². The molecule has 1 unspecified atom stereocenters. The Bertz CT molecular complexity index is 488. The first-order chi connectivity index (χ1) is 10.5. The first-order valence-electron chi connectivity index (χ1n) is 7.88. The van der Waals surface area contributed by atoms with Crippen LogP contribution in [0.3, 0.4) is 0 Å². The van der Waals surface area contributed by atoms with Crippen molar-refractivity contribution in [3.8, 4) is 11.5 Å². The van der Waals surface area contributed by atoms with Gasteiger partial charge in [-0.25, -0.2) is 0 Å². The maximum Gasteiger partial charge on any atom is 0.141 e. The van der Waals surface area contributed by atoms with Crippen molar-refractivity contribution in [2.45, 2.75) is 25.8 Å². The molecule has 1 N–H and O–H groups in total. The molecule has 0 aromatic heterocycles. The van der Waals surface area contributed by atoms with Gasteiger partial charge in [0.1, 0.15) is 11.5 Å². The first-order valence-corrected chi connectivity index (χ1v) is 8.26. The SMILES string of the molecule is COc1cc(OC)c(C(C)NCC2CCN(C)CC2)cc1Cl. The van der Waals surface area contributed by atoms with E-state index in [4.69, 9.17) is 21.1 Å². The molecule has 2 rings (SSSR count). The lowest BCUT2D eigenvalue weighted by atomic mass is 9.96. The number of likely N-dealkylation sites (tertiary alicyclic amines) is 1. The zero-order chi connectivity index (χ0) is 16.1. The molecule has 1 aromatic carbocycles. The molecule has 22 heavy (non-hydrogen) atoms. The van der Waals surface area contributed by atoms with Crippen LogP contribution in [0.1, 0.15) is 31.4 Å². The standard InChI is InChI=1S/C17H27ClN2O2/c1-12(19-11-13-5-7-20(2)8-6-13)14-9-15(18)17(22-4)10-16(14)21-3/h9-10,12-13,19H,5-8,11H2,1-4H3. The number of hydrogen-bond donors (Lipinski definition) is 1. The summed E-state index contributed by atoms with van der Waals surface area (Å²) >= 11 is 6.25. The monoisotopic (exact) mass is 326 g/mol. The van der Waals surface area contributed by atoms with Gasteiger partial charge in [0.15, 0.2) is 0 Å². The van der Waals surface area contributed by atoms with E-state index in [9.17, 15) is 0 Å². The molecule has 0 radical (unpaired) electrons. The van der Waals surface area contributed by atoms with E-state index in [1.54, 1.807) is 14.2 Å². The van der Waals surface area contributed by atoms with Crippen molar-refractivity contribution in [1.29, 1.82) is 0 Å².